The molecule has 0 aliphatic carbocycles. The van der Waals surface area contributed by atoms with E-state index in [4.69, 9.17) is 5.84 Å². The summed E-state index contributed by atoms with van der Waals surface area (Å²) in [5.41, 5.74) is 2.92. The number of hydrogen-bond donors (Lipinski definition) is 2. The number of imidazole rings is 1. The monoisotopic (exact) mass is 266 g/mol. The summed E-state index contributed by atoms with van der Waals surface area (Å²) in [6.07, 6.45) is 4.35. The Labute approximate surface area is 110 Å². The van der Waals surface area contributed by atoms with Gasteiger partial charge in [-0.3, -0.25) is 11.3 Å². The zero-order chi connectivity index (χ0) is 13.8. The van der Waals surface area contributed by atoms with E-state index >= 15 is 0 Å². The minimum atomic E-state index is -0.842. The molecule has 0 saturated carbocycles. The lowest BCUT2D eigenvalue weighted by molar-refractivity contribution is 0.467. The lowest BCUT2D eigenvalue weighted by Gasteiger charge is -2.16. The number of hydrazine groups is 1. The van der Waals surface area contributed by atoms with Crippen LogP contribution in [-0.4, -0.2) is 15.6 Å². The van der Waals surface area contributed by atoms with Crippen LogP contribution in [0.1, 0.15) is 11.4 Å². The van der Waals surface area contributed by atoms with E-state index in [1.54, 1.807) is 12.3 Å². The maximum Gasteiger partial charge on any atom is 0.162 e. The first-order valence-electron chi connectivity index (χ1n) is 5.97. The van der Waals surface area contributed by atoms with Crippen molar-refractivity contribution >= 4 is 0 Å². The number of hydrogen-bond acceptors (Lipinski definition) is 3. The summed E-state index contributed by atoms with van der Waals surface area (Å²) in [6.45, 7) is 0. The summed E-state index contributed by atoms with van der Waals surface area (Å²) in [6, 6.07) is 3.93. The predicted molar refractivity (Wildman–Crippen MR) is 68.1 cm³/mol. The highest BCUT2D eigenvalue weighted by atomic mass is 19.2. The molecule has 0 fully saturated rings. The fraction of sp³-hybridized carbons (Fsp3) is 0.308. The van der Waals surface area contributed by atoms with Gasteiger partial charge < -0.3 is 4.57 Å². The fourth-order valence-electron chi connectivity index (χ4n) is 1.98. The van der Waals surface area contributed by atoms with Crippen molar-refractivity contribution in [3.8, 4) is 0 Å². The molecule has 0 amide bonds. The van der Waals surface area contributed by atoms with Gasteiger partial charge in [-0.15, -0.1) is 0 Å². The van der Waals surface area contributed by atoms with Gasteiger partial charge in [-0.1, -0.05) is 12.1 Å². The second-order valence-electron chi connectivity index (χ2n) is 4.44. The van der Waals surface area contributed by atoms with E-state index in [0.29, 0.717) is 18.4 Å². The Kier molecular flexibility index (Phi) is 4.24. The highest BCUT2D eigenvalue weighted by Gasteiger charge is 2.15. The molecule has 1 unspecified atom stereocenters. The van der Waals surface area contributed by atoms with Gasteiger partial charge in [0, 0.05) is 31.9 Å². The van der Waals surface area contributed by atoms with Crippen molar-refractivity contribution in [2.24, 2.45) is 12.9 Å². The summed E-state index contributed by atoms with van der Waals surface area (Å²) in [4.78, 5) is 4.18. The molecule has 102 valence electrons. The molecule has 3 N–H and O–H groups in total. The zero-order valence-corrected chi connectivity index (χ0v) is 10.6. The minimum absolute atomic E-state index is 0.211. The predicted octanol–water partition coefficient (Wildman–Crippen LogP) is 1.32. The molecule has 1 atom stereocenters. The third-order valence-electron chi connectivity index (χ3n) is 3.08. The van der Waals surface area contributed by atoms with E-state index in [9.17, 15) is 8.78 Å². The Morgan fingerprint density at radius 2 is 2.16 bits per heavy atom. The number of nitrogens with zero attached hydrogens (tertiary/aromatic N) is 2. The van der Waals surface area contributed by atoms with Gasteiger partial charge in [0.15, 0.2) is 11.6 Å². The van der Waals surface area contributed by atoms with Crippen LogP contribution in [0.25, 0.3) is 0 Å². The molecule has 0 bridgehead atoms. The Hall–Kier alpha value is -1.79. The van der Waals surface area contributed by atoms with Crippen molar-refractivity contribution in [3.63, 3.8) is 0 Å². The number of nitrogens with one attached hydrogen (secondary N) is 1. The van der Waals surface area contributed by atoms with E-state index in [0.717, 1.165) is 11.9 Å². The molecule has 4 nitrogen and oxygen atoms in total. The van der Waals surface area contributed by atoms with E-state index in [2.05, 4.69) is 10.4 Å². The number of rotatable bonds is 5. The van der Waals surface area contributed by atoms with Gasteiger partial charge >= 0.3 is 0 Å². The van der Waals surface area contributed by atoms with Crippen molar-refractivity contribution in [1.82, 2.24) is 15.0 Å². The molecule has 0 radical (unpaired) electrons. The summed E-state index contributed by atoms with van der Waals surface area (Å²) in [5.74, 6) is 4.65. The van der Waals surface area contributed by atoms with Gasteiger partial charge in [-0.25, -0.2) is 13.8 Å². The van der Waals surface area contributed by atoms with Gasteiger partial charge in [0.1, 0.15) is 5.82 Å². The first kappa shape index (κ1) is 13.6. The molecule has 19 heavy (non-hydrogen) atoms. The second kappa shape index (κ2) is 5.90. The highest BCUT2D eigenvalue weighted by Crippen LogP contribution is 2.14. The van der Waals surface area contributed by atoms with Crippen molar-refractivity contribution in [2.75, 3.05) is 0 Å². The van der Waals surface area contributed by atoms with Crippen LogP contribution in [0.2, 0.25) is 0 Å². The third kappa shape index (κ3) is 3.15. The minimum Gasteiger partial charge on any atom is -0.338 e. The average Bonchev–Trinajstić information content (AvgIpc) is 2.79. The van der Waals surface area contributed by atoms with Crippen molar-refractivity contribution < 1.29 is 8.78 Å². The first-order chi connectivity index (χ1) is 9.11. The number of nitrogens with two attached hydrogens (primary N) is 1. The molecular weight excluding hydrogens is 250 g/mol. The fourth-order valence-corrected chi connectivity index (χ4v) is 1.98. The largest absolute Gasteiger partial charge is 0.338 e. The molecule has 0 saturated heterocycles. The standard InChI is InChI=1S/C13H16F2N4/c1-19-6-5-17-12(19)8-10(18-16)7-9-3-2-4-11(14)13(9)15/h2-6,10,18H,7-8,16H2,1H3. The average molecular weight is 266 g/mol. The summed E-state index contributed by atoms with van der Waals surface area (Å²) in [5, 5.41) is 0. The smallest absolute Gasteiger partial charge is 0.162 e. The Morgan fingerprint density at radius 3 is 2.79 bits per heavy atom. The summed E-state index contributed by atoms with van der Waals surface area (Å²) < 4.78 is 28.6. The van der Waals surface area contributed by atoms with E-state index < -0.39 is 11.6 Å². The van der Waals surface area contributed by atoms with Crippen LogP contribution in [0, 0.1) is 11.6 Å². The molecular formula is C13H16F2N4. The Bertz CT molecular complexity index is 553. The van der Waals surface area contributed by atoms with Crippen LogP contribution in [0.5, 0.6) is 0 Å². The Morgan fingerprint density at radius 1 is 1.37 bits per heavy atom. The number of aryl methyl sites for hydroxylation is 1. The lowest BCUT2D eigenvalue weighted by atomic mass is 10.0. The van der Waals surface area contributed by atoms with Crippen LogP contribution in [0.4, 0.5) is 8.78 Å². The van der Waals surface area contributed by atoms with Gasteiger partial charge in [0.05, 0.1) is 0 Å². The van der Waals surface area contributed by atoms with Crippen molar-refractivity contribution in [2.45, 2.75) is 18.9 Å². The molecule has 1 heterocycles. The molecule has 0 aliphatic heterocycles. The quantitative estimate of drug-likeness (QED) is 0.634. The van der Waals surface area contributed by atoms with Crippen LogP contribution < -0.4 is 11.3 Å². The maximum atomic E-state index is 13.6. The number of benzene rings is 1. The topological polar surface area (TPSA) is 55.9 Å². The summed E-state index contributed by atoms with van der Waals surface area (Å²) >= 11 is 0. The molecule has 0 aliphatic rings. The SMILES string of the molecule is Cn1ccnc1CC(Cc1cccc(F)c1F)NN. The van der Waals surface area contributed by atoms with Gasteiger partial charge in [-0.05, 0) is 18.1 Å². The lowest BCUT2D eigenvalue weighted by Crippen LogP contribution is -2.39. The number of aromatic nitrogens is 2. The Balaban J connectivity index is 2.11. The van der Waals surface area contributed by atoms with E-state index in [1.165, 1.54) is 6.07 Å². The molecule has 1 aromatic heterocycles. The van der Waals surface area contributed by atoms with E-state index in [1.807, 2.05) is 17.8 Å². The van der Waals surface area contributed by atoms with Gasteiger partial charge in [0.25, 0.3) is 0 Å². The molecule has 2 aromatic rings. The first-order valence-corrected chi connectivity index (χ1v) is 5.97. The number of halogens is 2. The van der Waals surface area contributed by atoms with Crippen LogP contribution >= 0.6 is 0 Å². The van der Waals surface area contributed by atoms with Gasteiger partial charge in [0.2, 0.25) is 0 Å². The maximum absolute atomic E-state index is 13.6. The van der Waals surface area contributed by atoms with E-state index in [-0.39, 0.29) is 6.04 Å². The highest BCUT2D eigenvalue weighted by molar-refractivity contribution is 5.20. The van der Waals surface area contributed by atoms with Crippen LogP contribution in [-0.2, 0) is 19.9 Å². The van der Waals surface area contributed by atoms with Crippen molar-refractivity contribution in [3.05, 3.63) is 53.6 Å². The van der Waals surface area contributed by atoms with Crippen LogP contribution in [0.15, 0.2) is 30.6 Å². The molecule has 1 aromatic carbocycles. The van der Waals surface area contributed by atoms with Gasteiger partial charge in [-0.2, -0.15) is 0 Å². The normalized spacial score (nSPS) is 12.6. The molecule has 2 rings (SSSR count). The van der Waals surface area contributed by atoms with Crippen LogP contribution in [0.3, 0.4) is 0 Å². The van der Waals surface area contributed by atoms with Crippen molar-refractivity contribution in [1.29, 1.82) is 0 Å². The second-order valence-corrected chi connectivity index (χ2v) is 4.44. The third-order valence-corrected chi connectivity index (χ3v) is 3.08. The zero-order valence-electron chi connectivity index (χ0n) is 10.6. The molecule has 6 heteroatoms. The summed E-state index contributed by atoms with van der Waals surface area (Å²) in [7, 11) is 1.87. The molecule has 0 spiro atoms.